The van der Waals surface area contributed by atoms with E-state index in [-0.39, 0.29) is 6.61 Å². The summed E-state index contributed by atoms with van der Waals surface area (Å²) in [7, 11) is 1.59. The van der Waals surface area contributed by atoms with Gasteiger partial charge in [-0.15, -0.1) is 0 Å². The molecule has 112 valence electrons. The number of anilines is 1. The van der Waals surface area contributed by atoms with Gasteiger partial charge in [0.15, 0.2) is 0 Å². The Labute approximate surface area is 126 Å². The molecule has 0 unspecified atom stereocenters. The van der Waals surface area contributed by atoms with E-state index in [0.717, 1.165) is 10.9 Å². The number of rotatable bonds is 4. The highest BCUT2D eigenvalue weighted by Gasteiger charge is 2.08. The average molecular weight is 297 g/mol. The molecule has 0 spiro atoms. The molecule has 3 aromatic rings. The van der Waals surface area contributed by atoms with Crippen molar-refractivity contribution in [1.29, 1.82) is 0 Å². The highest BCUT2D eigenvalue weighted by Crippen LogP contribution is 2.24. The Morgan fingerprint density at radius 1 is 1.05 bits per heavy atom. The Hall–Kier alpha value is -2.95. The first-order chi connectivity index (χ1) is 10.7. The van der Waals surface area contributed by atoms with E-state index in [9.17, 15) is 4.79 Å². The number of nitrogen functional groups attached to an aromatic ring is 1. The third-order valence-electron chi connectivity index (χ3n) is 3.31. The van der Waals surface area contributed by atoms with E-state index in [1.54, 1.807) is 43.5 Å². The minimum Gasteiger partial charge on any atom is -0.497 e. The maximum Gasteiger partial charge on any atom is 0.336 e. The second-order valence-corrected chi connectivity index (χ2v) is 4.81. The minimum absolute atomic E-state index is 0.249. The van der Waals surface area contributed by atoms with Crippen molar-refractivity contribution in [2.75, 3.05) is 12.8 Å². The van der Waals surface area contributed by atoms with Crippen molar-refractivity contribution in [3.8, 4) is 11.5 Å². The highest BCUT2D eigenvalue weighted by molar-refractivity contribution is 5.81. The van der Waals surface area contributed by atoms with Crippen LogP contribution in [-0.2, 0) is 6.61 Å². The monoisotopic (exact) mass is 297 g/mol. The molecular formula is C17H15NO4. The van der Waals surface area contributed by atoms with Crippen molar-refractivity contribution in [1.82, 2.24) is 0 Å². The molecule has 0 amide bonds. The van der Waals surface area contributed by atoms with Crippen molar-refractivity contribution in [3.63, 3.8) is 0 Å². The van der Waals surface area contributed by atoms with Crippen molar-refractivity contribution in [2.24, 2.45) is 0 Å². The number of hydrogen-bond acceptors (Lipinski definition) is 5. The summed E-state index contributed by atoms with van der Waals surface area (Å²) in [4.78, 5) is 11.6. The first kappa shape index (κ1) is 14.0. The molecule has 0 aliphatic heterocycles. The van der Waals surface area contributed by atoms with Crippen LogP contribution in [0.4, 0.5) is 5.69 Å². The summed E-state index contributed by atoms with van der Waals surface area (Å²) in [5, 5.41) is 0.786. The summed E-state index contributed by atoms with van der Waals surface area (Å²) in [6, 6.07) is 13.8. The van der Waals surface area contributed by atoms with Gasteiger partial charge < -0.3 is 19.6 Å². The largest absolute Gasteiger partial charge is 0.497 e. The third-order valence-corrected chi connectivity index (χ3v) is 3.31. The van der Waals surface area contributed by atoms with Crippen LogP contribution in [0.5, 0.6) is 11.5 Å². The molecule has 22 heavy (non-hydrogen) atoms. The van der Waals surface area contributed by atoms with Crippen LogP contribution >= 0.6 is 0 Å². The van der Waals surface area contributed by atoms with Crippen molar-refractivity contribution < 1.29 is 13.9 Å². The molecule has 2 aromatic carbocycles. The summed E-state index contributed by atoms with van der Waals surface area (Å²) in [6.45, 7) is 0.249. The van der Waals surface area contributed by atoms with E-state index in [1.165, 1.54) is 6.07 Å². The molecule has 0 aliphatic rings. The van der Waals surface area contributed by atoms with Crippen molar-refractivity contribution in [3.05, 3.63) is 64.5 Å². The zero-order valence-electron chi connectivity index (χ0n) is 12.0. The molecule has 3 rings (SSSR count). The number of fused-ring (bicyclic) bond motifs is 1. The van der Waals surface area contributed by atoms with Gasteiger partial charge in [0.1, 0.15) is 23.7 Å². The van der Waals surface area contributed by atoms with Crippen LogP contribution in [0.15, 0.2) is 57.7 Å². The van der Waals surface area contributed by atoms with Gasteiger partial charge in [0.05, 0.1) is 7.11 Å². The summed E-state index contributed by atoms with van der Waals surface area (Å²) >= 11 is 0. The standard InChI is InChI=1S/C17H15NO4/c1-20-14-6-7-16-15(9-14)11(8-17(19)22-16)10-21-13-4-2-12(18)3-5-13/h2-9H,10,18H2,1H3. The third kappa shape index (κ3) is 2.88. The van der Waals surface area contributed by atoms with Crippen LogP contribution < -0.4 is 20.8 Å². The molecular weight excluding hydrogens is 282 g/mol. The zero-order chi connectivity index (χ0) is 15.5. The number of ether oxygens (including phenoxy) is 2. The topological polar surface area (TPSA) is 74.7 Å². The summed E-state index contributed by atoms with van der Waals surface area (Å²) in [5.41, 5.74) is 7.14. The van der Waals surface area contributed by atoms with Crippen LogP contribution in [0.3, 0.4) is 0 Å². The number of nitrogens with two attached hydrogens (primary N) is 1. The fraction of sp³-hybridized carbons (Fsp3) is 0.118. The molecule has 1 aromatic heterocycles. The molecule has 0 radical (unpaired) electrons. The SMILES string of the molecule is COc1ccc2oc(=O)cc(COc3ccc(N)cc3)c2c1. The first-order valence-corrected chi connectivity index (χ1v) is 6.75. The zero-order valence-corrected chi connectivity index (χ0v) is 12.0. The van der Waals surface area contributed by atoms with Crippen LogP contribution in [0.25, 0.3) is 11.0 Å². The smallest absolute Gasteiger partial charge is 0.336 e. The molecule has 5 heteroatoms. The number of benzene rings is 2. The fourth-order valence-electron chi connectivity index (χ4n) is 2.18. The second-order valence-electron chi connectivity index (χ2n) is 4.81. The molecule has 0 saturated heterocycles. The molecule has 0 aliphatic carbocycles. The summed E-state index contributed by atoms with van der Waals surface area (Å²) in [6.07, 6.45) is 0. The maximum atomic E-state index is 11.6. The number of methoxy groups -OCH3 is 1. The molecule has 0 fully saturated rings. The van der Waals surface area contributed by atoms with Gasteiger partial charge in [0, 0.05) is 22.7 Å². The Morgan fingerprint density at radius 2 is 1.77 bits per heavy atom. The Bertz CT molecular complexity index is 853. The van der Waals surface area contributed by atoms with E-state index in [0.29, 0.717) is 22.8 Å². The van der Waals surface area contributed by atoms with Gasteiger partial charge in [-0.05, 0) is 42.5 Å². The molecule has 1 heterocycles. The van der Waals surface area contributed by atoms with Gasteiger partial charge >= 0.3 is 5.63 Å². The van der Waals surface area contributed by atoms with Crippen molar-refractivity contribution in [2.45, 2.75) is 6.61 Å². The van der Waals surface area contributed by atoms with Crippen molar-refractivity contribution >= 4 is 16.7 Å². The molecule has 0 atom stereocenters. The van der Waals surface area contributed by atoms with E-state index in [4.69, 9.17) is 19.6 Å². The first-order valence-electron chi connectivity index (χ1n) is 6.75. The molecule has 2 N–H and O–H groups in total. The highest BCUT2D eigenvalue weighted by atomic mass is 16.5. The van der Waals surface area contributed by atoms with Gasteiger partial charge in [-0.3, -0.25) is 0 Å². The lowest BCUT2D eigenvalue weighted by Crippen LogP contribution is -2.04. The second kappa shape index (κ2) is 5.81. The predicted octanol–water partition coefficient (Wildman–Crippen LogP) is 2.96. The van der Waals surface area contributed by atoms with Crippen LogP contribution in [0.2, 0.25) is 0 Å². The summed E-state index contributed by atoms with van der Waals surface area (Å²) < 4.78 is 16.1. The van der Waals surface area contributed by atoms with Gasteiger partial charge in [0.2, 0.25) is 0 Å². The quantitative estimate of drug-likeness (QED) is 0.592. The lowest BCUT2D eigenvalue weighted by Gasteiger charge is -2.09. The Morgan fingerprint density at radius 3 is 2.50 bits per heavy atom. The normalized spacial score (nSPS) is 10.6. The van der Waals surface area contributed by atoms with Gasteiger partial charge in [-0.25, -0.2) is 4.79 Å². The molecule has 0 saturated carbocycles. The number of hydrogen-bond donors (Lipinski definition) is 1. The Kier molecular flexibility index (Phi) is 3.70. The van der Waals surface area contributed by atoms with Gasteiger partial charge in [-0.1, -0.05) is 0 Å². The van der Waals surface area contributed by atoms with Crippen LogP contribution in [-0.4, -0.2) is 7.11 Å². The lowest BCUT2D eigenvalue weighted by molar-refractivity contribution is 0.306. The van der Waals surface area contributed by atoms with E-state index in [2.05, 4.69) is 0 Å². The lowest BCUT2D eigenvalue weighted by atomic mass is 10.1. The molecule has 0 bridgehead atoms. The van der Waals surface area contributed by atoms with Gasteiger partial charge in [0.25, 0.3) is 0 Å². The predicted molar refractivity (Wildman–Crippen MR) is 84.2 cm³/mol. The Balaban J connectivity index is 1.94. The van der Waals surface area contributed by atoms with Crippen LogP contribution in [0, 0.1) is 0 Å². The average Bonchev–Trinajstić information content (AvgIpc) is 2.53. The fourth-order valence-corrected chi connectivity index (χ4v) is 2.18. The minimum atomic E-state index is -0.409. The summed E-state index contributed by atoms with van der Waals surface area (Å²) in [5.74, 6) is 1.37. The van der Waals surface area contributed by atoms with Gasteiger partial charge in [-0.2, -0.15) is 0 Å². The van der Waals surface area contributed by atoms with E-state index >= 15 is 0 Å². The van der Waals surface area contributed by atoms with E-state index in [1.807, 2.05) is 6.07 Å². The van der Waals surface area contributed by atoms with Crippen LogP contribution in [0.1, 0.15) is 5.56 Å². The maximum absolute atomic E-state index is 11.6. The molecule has 5 nitrogen and oxygen atoms in total. The van der Waals surface area contributed by atoms with E-state index < -0.39 is 5.63 Å².